The molecule has 2 aromatic heterocycles. The number of amides is 2. The molecule has 31 heavy (non-hydrogen) atoms. The Balaban J connectivity index is 1.31. The highest BCUT2D eigenvalue weighted by atomic mass is 19.1. The number of aryl methyl sites for hydroxylation is 2. The van der Waals surface area contributed by atoms with Gasteiger partial charge < -0.3 is 20.4 Å². The number of halogens is 1. The minimum Gasteiger partial charge on any atom is -0.352 e. The number of urea groups is 1. The van der Waals surface area contributed by atoms with E-state index < -0.39 is 0 Å². The summed E-state index contributed by atoms with van der Waals surface area (Å²) >= 11 is 0. The average molecular weight is 421 g/mol. The lowest BCUT2D eigenvalue weighted by atomic mass is 10.2. The zero-order valence-corrected chi connectivity index (χ0v) is 17.5. The van der Waals surface area contributed by atoms with Gasteiger partial charge in [-0.3, -0.25) is 0 Å². The van der Waals surface area contributed by atoms with Crippen LogP contribution >= 0.6 is 0 Å². The van der Waals surface area contributed by atoms with Crippen LogP contribution in [0.2, 0.25) is 0 Å². The third kappa shape index (κ3) is 5.06. The van der Waals surface area contributed by atoms with E-state index in [-0.39, 0.29) is 11.8 Å². The van der Waals surface area contributed by atoms with Crippen LogP contribution in [0.5, 0.6) is 0 Å². The number of aromatic nitrogens is 3. The third-order valence-electron chi connectivity index (χ3n) is 5.14. The van der Waals surface area contributed by atoms with Crippen molar-refractivity contribution in [3.05, 3.63) is 65.6 Å². The fraction of sp³-hybridized carbons (Fsp3) is 0.273. The molecule has 1 aromatic carbocycles. The molecule has 1 aliphatic rings. The SMILES string of the molecule is Cc1ccnc(Nc2ccc(N3CCN(C(=O)Nc4ccc(C)c(F)c4)CC3)nn2)c1. The maximum Gasteiger partial charge on any atom is 0.321 e. The molecule has 3 heterocycles. The Bertz CT molecular complexity index is 1070. The second-order valence-corrected chi connectivity index (χ2v) is 7.49. The lowest BCUT2D eigenvalue weighted by molar-refractivity contribution is 0.208. The molecular formula is C22H24FN7O. The summed E-state index contributed by atoms with van der Waals surface area (Å²) in [7, 11) is 0. The van der Waals surface area contributed by atoms with Crippen molar-refractivity contribution in [1.82, 2.24) is 20.1 Å². The van der Waals surface area contributed by atoms with E-state index >= 15 is 0 Å². The fourth-order valence-corrected chi connectivity index (χ4v) is 3.31. The average Bonchev–Trinajstić information content (AvgIpc) is 2.77. The number of pyridine rings is 1. The topological polar surface area (TPSA) is 86.3 Å². The largest absolute Gasteiger partial charge is 0.352 e. The second kappa shape index (κ2) is 8.95. The monoisotopic (exact) mass is 421 g/mol. The maximum atomic E-state index is 13.7. The smallest absolute Gasteiger partial charge is 0.321 e. The maximum absolute atomic E-state index is 13.7. The van der Waals surface area contributed by atoms with E-state index in [2.05, 4.69) is 30.7 Å². The summed E-state index contributed by atoms with van der Waals surface area (Å²) in [6.07, 6.45) is 1.74. The van der Waals surface area contributed by atoms with Gasteiger partial charge in [0.1, 0.15) is 11.6 Å². The number of carbonyl (C=O) groups is 1. The van der Waals surface area contributed by atoms with E-state index in [1.807, 2.05) is 31.2 Å². The van der Waals surface area contributed by atoms with Crippen molar-refractivity contribution in [3.8, 4) is 0 Å². The first-order chi connectivity index (χ1) is 15.0. The molecule has 0 saturated carbocycles. The zero-order chi connectivity index (χ0) is 21.8. The Labute approximate surface area is 180 Å². The first-order valence-corrected chi connectivity index (χ1v) is 10.1. The summed E-state index contributed by atoms with van der Waals surface area (Å²) in [6, 6.07) is 12.1. The van der Waals surface area contributed by atoms with E-state index in [0.29, 0.717) is 43.2 Å². The summed E-state index contributed by atoms with van der Waals surface area (Å²) < 4.78 is 13.7. The summed E-state index contributed by atoms with van der Waals surface area (Å²) in [5.74, 6) is 1.75. The van der Waals surface area contributed by atoms with Crippen LogP contribution in [0.15, 0.2) is 48.7 Å². The Morgan fingerprint density at radius 3 is 2.45 bits per heavy atom. The van der Waals surface area contributed by atoms with Gasteiger partial charge in [-0.05, 0) is 61.4 Å². The number of carbonyl (C=O) groups excluding carboxylic acids is 1. The Morgan fingerprint density at radius 2 is 1.77 bits per heavy atom. The minimum absolute atomic E-state index is 0.237. The molecule has 1 saturated heterocycles. The van der Waals surface area contributed by atoms with Crippen LogP contribution in [0.25, 0.3) is 0 Å². The van der Waals surface area contributed by atoms with E-state index in [0.717, 1.165) is 17.2 Å². The van der Waals surface area contributed by atoms with Gasteiger partial charge in [-0.1, -0.05) is 6.07 Å². The normalized spacial score (nSPS) is 13.8. The highest BCUT2D eigenvalue weighted by Gasteiger charge is 2.22. The van der Waals surface area contributed by atoms with Gasteiger partial charge in [0.2, 0.25) is 0 Å². The molecule has 0 radical (unpaired) electrons. The summed E-state index contributed by atoms with van der Waals surface area (Å²) in [4.78, 5) is 20.5. The van der Waals surface area contributed by atoms with Crippen LogP contribution in [-0.4, -0.2) is 52.3 Å². The summed E-state index contributed by atoms with van der Waals surface area (Å²) in [6.45, 7) is 6.03. The quantitative estimate of drug-likeness (QED) is 0.668. The molecule has 3 aromatic rings. The van der Waals surface area contributed by atoms with Crippen molar-refractivity contribution in [2.75, 3.05) is 41.7 Å². The molecular weight excluding hydrogens is 397 g/mol. The lowest BCUT2D eigenvalue weighted by Crippen LogP contribution is -2.50. The number of benzene rings is 1. The molecule has 0 atom stereocenters. The summed E-state index contributed by atoms with van der Waals surface area (Å²) in [5, 5.41) is 14.4. The number of nitrogens with zero attached hydrogens (tertiary/aromatic N) is 5. The molecule has 0 bridgehead atoms. The number of hydrogen-bond acceptors (Lipinski definition) is 6. The van der Waals surface area contributed by atoms with Crippen molar-refractivity contribution in [2.45, 2.75) is 13.8 Å². The van der Waals surface area contributed by atoms with Crippen LogP contribution in [0.3, 0.4) is 0 Å². The number of anilines is 4. The number of piperazine rings is 1. The molecule has 1 fully saturated rings. The van der Waals surface area contributed by atoms with Crippen molar-refractivity contribution in [2.24, 2.45) is 0 Å². The van der Waals surface area contributed by atoms with Crippen LogP contribution in [0, 0.1) is 19.7 Å². The molecule has 9 heteroatoms. The highest BCUT2D eigenvalue weighted by Crippen LogP contribution is 2.18. The van der Waals surface area contributed by atoms with Crippen LogP contribution in [0.1, 0.15) is 11.1 Å². The lowest BCUT2D eigenvalue weighted by Gasteiger charge is -2.35. The van der Waals surface area contributed by atoms with Gasteiger partial charge in [0.25, 0.3) is 0 Å². The molecule has 2 N–H and O–H groups in total. The van der Waals surface area contributed by atoms with E-state index in [1.54, 1.807) is 30.2 Å². The van der Waals surface area contributed by atoms with Crippen LogP contribution in [-0.2, 0) is 0 Å². The molecule has 2 amide bonds. The summed E-state index contributed by atoms with van der Waals surface area (Å²) in [5.41, 5.74) is 2.10. The van der Waals surface area contributed by atoms with Crippen LogP contribution < -0.4 is 15.5 Å². The fourth-order valence-electron chi connectivity index (χ4n) is 3.31. The molecule has 1 aliphatic heterocycles. The number of hydrogen-bond donors (Lipinski definition) is 2. The van der Waals surface area contributed by atoms with Crippen molar-refractivity contribution in [1.29, 1.82) is 0 Å². The zero-order valence-electron chi connectivity index (χ0n) is 17.5. The van der Waals surface area contributed by atoms with Crippen molar-refractivity contribution in [3.63, 3.8) is 0 Å². The van der Waals surface area contributed by atoms with E-state index in [1.165, 1.54) is 6.07 Å². The van der Waals surface area contributed by atoms with Gasteiger partial charge in [0.05, 0.1) is 0 Å². The Morgan fingerprint density at radius 1 is 0.968 bits per heavy atom. The standard InChI is InChI=1S/C22H24FN7O/c1-15-7-8-24-20(13-15)26-19-5-6-21(28-27-19)29-9-11-30(12-10-29)22(31)25-17-4-3-16(2)18(23)14-17/h3-8,13-14H,9-12H2,1-2H3,(H,25,31)(H,24,26,27). The van der Waals surface area contributed by atoms with Gasteiger partial charge in [0.15, 0.2) is 11.6 Å². The number of rotatable bonds is 4. The van der Waals surface area contributed by atoms with Gasteiger partial charge in [0, 0.05) is 38.1 Å². The van der Waals surface area contributed by atoms with Gasteiger partial charge in [-0.2, -0.15) is 0 Å². The molecule has 0 aliphatic carbocycles. The van der Waals surface area contributed by atoms with E-state index in [4.69, 9.17) is 0 Å². The predicted molar refractivity (Wildman–Crippen MR) is 118 cm³/mol. The van der Waals surface area contributed by atoms with E-state index in [9.17, 15) is 9.18 Å². The first-order valence-electron chi connectivity index (χ1n) is 10.1. The van der Waals surface area contributed by atoms with Gasteiger partial charge in [-0.15, -0.1) is 10.2 Å². The molecule has 160 valence electrons. The Hall–Kier alpha value is -3.75. The Kier molecular flexibility index (Phi) is 5.92. The van der Waals surface area contributed by atoms with Crippen molar-refractivity contribution >= 4 is 29.2 Å². The minimum atomic E-state index is -0.336. The third-order valence-corrected chi connectivity index (χ3v) is 5.14. The van der Waals surface area contributed by atoms with Gasteiger partial charge in [-0.25, -0.2) is 14.2 Å². The molecule has 0 unspecified atom stereocenters. The first kappa shape index (κ1) is 20.5. The second-order valence-electron chi connectivity index (χ2n) is 7.49. The molecule has 8 nitrogen and oxygen atoms in total. The predicted octanol–water partition coefficient (Wildman–Crippen LogP) is 3.73. The van der Waals surface area contributed by atoms with Gasteiger partial charge >= 0.3 is 6.03 Å². The number of nitrogens with one attached hydrogen (secondary N) is 2. The van der Waals surface area contributed by atoms with Crippen LogP contribution in [0.4, 0.5) is 32.3 Å². The highest BCUT2D eigenvalue weighted by molar-refractivity contribution is 5.89. The van der Waals surface area contributed by atoms with Crippen molar-refractivity contribution < 1.29 is 9.18 Å². The molecule has 0 spiro atoms. The molecule has 4 rings (SSSR count).